The van der Waals surface area contributed by atoms with E-state index >= 15 is 0 Å². The zero-order chi connectivity index (χ0) is 24.0. The number of non-ortho nitro benzene ring substituents is 1. The average Bonchev–Trinajstić information content (AvgIpc) is 2.79. The number of carbonyl (C=O) groups excluding carboxylic acids is 1. The van der Waals surface area contributed by atoms with Gasteiger partial charge in [-0.05, 0) is 57.4 Å². The van der Waals surface area contributed by atoms with E-state index in [1.54, 1.807) is 24.3 Å². The Kier molecular flexibility index (Phi) is 7.86. The van der Waals surface area contributed by atoms with Gasteiger partial charge in [-0.3, -0.25) is 14.9 Å². The van der Waals surface area contributed by atoms with Gasteiger partial charge in [-0.15, -0.1) is 0 Å². The highest BCUT2D eigenvalue weighted by Gasteiger charge is 2.16. The normalized spacial score (nSPS) is 10.8. The molecular formula is C22H17BrClN3O6. The van der Waals surface area contributed by atoms with Crippen LogP contribution in [-0.2, 0) is 6.61 Å². The molecule has 1 amide bonds. The van der Waals surface area contributed by atoms with Crippen LogP contribution in [0.5, 0.6) is 17.2 Å². The first-order chi connectivity index (χ1) is 15.8. The van der Waals surface area contributed by atoms with Gasteiger partial charge in [0.1, 0.15) is 12.4 Å². The highest BCUT2D eigenvalue weighted by Crippen LogP contribution is 2.37. The molecule has 170 valence electrons. The van der Waals surface area contributed by atoms with E-state index in [-0.39, 0.29) is 11.3 Å². The molecule has 3 aromatic carbocycles. The minimum absolute atomic E-state index is 0.272. The standard InChI is InChI=1S/C22H17BrClN3O6/c1-32-20-9-14(8-18(23)21(20)33-12-13-2-4-15(24)5-3-13)11-25-26-22(29)17-10-16(27(30)31)6-7-19(17)28/h2-11,28H,12H2,1H3,(H,26,29)/b25-11-. The number of rotatable bonds is 8. The monoisotopic (exact) mass is 533 g/mol. The summed E-state index contributed by atoms with van der Waals surface area (Å²) in [5, 5.41) is 25.2. The largest absolute Gasteiger partial charge is 0.507 e. The summed E-state index contributed by atoms with van der Waals surface area (Å²) < 4.78 is 11.9. The smallest absolute Gasteiger partial charge is 0.275 e. The Hall–Kier alpha value is -3.63. The number of hydrazone groups is 1. The fourth-order valence-electron chi connectivity index (χ4n) is 2.74. The van der Waals surface area contributed by atoms with E-state index in [0.717, 1.165) is 23.8 Å². The molecule has 0 aromatic heterocycles. The first-order valence-corrected chi connectivity index (χ1v) is 10.5. The molecule has 0 aliphatic heterocycles. The molecule has 0 radical (unpaired) electrons. The number of ether oxygens (including phenoxy) is 2. The molecule has 0 saturated carbocycles. The molecule has 0 aliphatic rings. The summed E-state index contributed by atoms with van der Waals surface area (Å²) >= 11 is 9.34. The summed E-state index contributed by atoms with van der Waals surface area (Å²) in [6, 6.07) is 13.7. The van der Waals surface area contributed by atoms with Crippen molar-refractivity contribution in [1.29, 1.82) is 0 Å². The number of carbonyl (C=O) groups is 1. The number of nitro groups is 1. The van der Waals surface area contributed by atoms with Crippen LogP contribution in [0.1, 0.15) is 21.5 Å². The Morgan fingerprint density at radius 1 is 1.24 bits per heavy atom. The van der Waals surface area contributed by atoms with Gasteiger partial charge in [-0.1, -0.05) is 23.7 Å². The number of amides is 1. The maximum absolute atomic E-state index is 12.2. The maximum atomic E-state index is 12.2. The predicted octanol–water partition coefficient (Wildman–Crippen LogP) is 5.07. The summed E-state index contributed by atoms with van der Waals surface area (Å²) in [5.74, 6) is -0.293. The Balaban J connectivity index is 1.71. The molecular weight excluding hydrogens is 518 g/mol. The van der Waals surface area contributed by atoms with Crippen molar-refractivity contribution in [2.45, 2.75) is 6.61 Å². The summed E-state index contributed by atoms with van der Waals surface area (Å²) in [5.41, 5.74) is 3.12. The number of nitro benzene ring substituents is 1. The summed E-state index contributed by atoms with van der Waals surface area (Å²) in [6.07, 6.45) is 1.35. The minimum Gasteiger partial charge on any atom is -0.507 e. The van der Waals surface area contributed by atoms with Crippen LogP contribution in [0.3, 0.4) is 0 Å². The van der Waals surface area contributed by atoms with Crippen molar-refractivity contribution in [2.24, 2.45) is 5.10 Å². The van der Waals surface area contributed by atoms with Gasteiger partial charge in [0.15, 0.2) is 11.5 Å². The van der Waals surface area contributed by atoms with Crippen LogP contribution in [-0.4, -0.2) is 29.3 Å². The van der Waals surface area contributed by atoms with Crippen LogP contribution in [0.15, 0.2) is 64.2 Å². The van der Waals surface area contributed by atoms with Crippen molar-refractivity contribution in [3.05, 3.63) is 90.9 Å². The molecule has 0 heterocycles. The second-order valence-corrected chi connectivity index (χ2v) is 7.90. The molecule has 0 saturated heterocycles. The molecule has 0 atom stereocenters. The fourth-order valence-corrected chi connectivity index (χ4v) is 3.44. The number of nitrogens with zero attached hydrogens (tertiary/aromatic N) is 2. The van der Waals surface area contributed by atoms with Gasteiger partial charge >= 0.3 is 0 Å². The quantitative estimate of drug-likeness (QED) is 0.236. The van der Waals surface area contributed by atoms with Crippen LogP contribution < -0.4 is 14.9 Å². The van der Waals surface area contributed by atoms with Gasteiger partial charge in [0.05, 0.1) is 28.3 Å². The molecule has 0 aliphatic carbocycles. The molecule has 0 unspecified atom stereocenters. The Morgan fingerprint density at radius 3 is 2.64 bits per heavy atom. The average molecular weight is 535 g/mol. The van der Waals surface area contributed by atoms with Crippen LogP contribution in [0.4, 0.5) is 5.69 Å². The number of halogens is 2. The van der Waals surface area contributed by atoms with E-state index in [0.29, 0.717) is 33.2 Å². The van der Waals surface area contributed by atoms with Crippen molar-refractivity contribution in [3.63, 3.8) is 0 Å². The molecule has 11 heteroatoms. The van der Waals surface area contributed by atoms with Gasteiger partial charge in [0.2, 0.25) is 0 Å². The molecule has 33 heavy (non-hydrogen) atoms. The number of benzene rings is 3. The first kappa shape index (κ1) is 24.0. The lowest BCUT2D eigenvalue weighted by atomic mass is 10.1. The van der Waals surface area contributed by atoms with Gasteiger partial charge in [-0.25, -0.2) is 5.43 Å². The van der Waals surface area contributed by atoms with Crippen molar-refractivity contribution in [1.82, 2.24) is 5.43 Å². The molecule has 2 N–H and O–H groups in total. The van der Waals surface area contributed by atoms with Crippen LogP contribution >= 0.6 is 27.5 Å². The molecule has 0 fully saturated rings. The molecule has 9 nitrogen and oxygen atoms in total. The second-order valence-electron chi connectivity index (χ2n) is 6.61. The lowest BCUT2D eigenvalue weighted by Gasteiger charge is -2.13. The van der Waals surface area contributed by atoms with E-state index in [1.807, 2.05) is 12.1 Å². The number of nitrogens with one attached hydrogen (secondary N) is 1. The molecule has 0 bridgehead atoms. The maximum Gasteiger partial charge on any atom is 0.275 e. The third-order valence-electron chi connectivity index (χ3n) is 4.36. The first-order valence-electron chi connectivity index (χ1n) is 9.34. The highest BCUT2D eigenvalue weighted by molar-refractivity contribution is 9.10. The Morgan fingerprint density at radius 2 is 1.97 bits per heavy atom. The van der Waals surface area contributed by atoms with Crippen molar-refractivity contribution < 1.29 is 24.3 Å². The number of aromatic hydroxyl groups is 1. The predicted molar refractivity (Wildman–Crippen MR) is 126 cm³/mol. The number of hydrogen-bond acceptors (Lipinski definition) is 7. The highest BCUT2D eigenvalue weighted by atomic mass is 79.9. The van der Waals surface area contributed by atoms with Gasteiger partial charge < -0.3 is 14.6 Å². The number of hydrogen-bond donors (Lipinski definition) is 2. The fraction of sp³-hybridized carbons (Fsp3) is 0.0909. The van der Waals surface area contributed by atoms with E-state index in [2.05, 4.69) is 26.5 Å². The summed E-state index contributed by atoms with van der Waals surface area (Å²) in [7, 11) is 1.49. The third-order valence-corrected chi connectivity index (χ3v) is 5.20. The van der Waals surface area contributed by atoms with Crippen LogP contribution in [0.25, 0.3) is 0 Å². The SMILES string of the molecule is COc1cc(/C=N\NC(=O)c2cc([N+](=O)[O-])ccc2O)cc(Br)c1OCc1ccc(Cl)cc1. The molecule has 3 aromatic rings. The van der Waals surface area contributed by atoms with E-state index in [1.165, 1.54) is 13.3 Å². The molecule has 0 spiro atoms. The van der Waals surface area contributed by atoms with E-state index in [4.69, 9.17) is 21.1 Å². The number of phenols is 1. The third kappa shape index (κ3) is 6.21. The minimum atomic E-state index is -0.804. The van der Waals surface area contributed by atoms with Gasteiger partial charge in [-0.2, -0.15) is 5.10 Å². The summed E-state index contributed by atoms with van der Waals surface area (Å²) in [6.45, 7) is 0.294. The lowest BCUT2D eigenvalue weighted by molar-refractivity contribution is -0.384. The van der Waals surface area contributed by atoms with E-state index in [9.17, 15) is 20.0 Å². The van der Waals surface area contributed by atoms with E-state index < -0.39 is 16.6 Å². The topological polar surface area (TPSA) is 123 Å². The lowest BCUT2D eigenvalue weighted by Crippen LogP contribution is -2.18. The van der Waals surface area contributed by atoms with Crippen LogP contribution in [0, 0.1) is 10.1 Å². The van der Waals surface area contributed by atoms with Gasteiger partial charge in [0.25, 0.3) is 11.6 Å². The zero-order valence-electron chi connectivity index (χ0n) is 17.1. The second kappa shape index (κ2) is 10.8. The van der Waals surface area contributed by atoms with Crippen molar-refractivity contribution in [3.8, 4) is 17.2 Å². The number of methoxy groups -OCH3 is 1. The number of phenolic OH excluding ortho intramolecular Hbond substituents is 1. The Labute approximate surface area is 201 Å². The zero-order valence-corrected chi connectivity index (χ0v) is 19.5. The van der Waals surface area contributed by atoms with Crippen molar-refractivity contribution >= 4 is 45.3 Å². The molecule has 3 rings (SSSR count). The van der Waals surface area contributed by atoms with Crippen LogP contribution in [0.2, 0.25) is 5.02 Å². The van der Waals surface area contributed by atoms with Crippen molar-refractivity contribution in [2.75, 3.05) is 7.11 Å². The van der Waals surface area contributed by atoms with Gasteiger partial charge in [0, 0.05) is 17.2 Å². The summed E-state index contributed by atoms with van der Waals surface area (Å²) in [4.78, 5) is 22.5. The Bertz CT molecular complexity index is 1220.